The maximum atomic E-state index is 2.46. The van der Waals surface area contributed by atoms with E-state index in [2.05, 4.69) is 50.8 Å². The molecule has 1 heterocycles. The summed E-state index contributed by atoms with van der Waals surface area (Å²) in [6.07, 6.45) is 11.2. The molecule has 1 aliphatic carbocycles. The van der Waals surface area contributed by atoms with Crippen LogP contribution in [-0.2, 0) is 0 Å². The fourth-order valence-corrected chi connectivity index (χ4v) is 4.70. The third kappa shape index (κ3) is 2.18. The van der Waals surface area contributed by atoms with Crippen molar-refractivity contribution in [2.75, 3.05) is 0 Å². The van der Waals surface area contributed by atoms with Gasteiger partial charge in [-0.3, -0.25) is 0 Å². The van der Waals surface area contributed by atoms with Crippen molar-refractivity contribution < 1.29 is 0 Å². The molecule has 1 fully saturated rings. The van der Waals surface area contributed by atoms with Crippen molar-refractivity contribution in [1.82, 2.24) is 0 Å². The molecule has 1 saturated heterocycles. The van der Waals surface area contributed by atoms with Gasteiger partial charge >= 0.3 is 0 Å². The van der Waals surface area contributed by atoms with E-state index >= 15 is 0 Å². The molecule has 1 aliphatic heterocycles. The van der Waals surface area contributed by atoms with Crippen LogP contribution in [0.5, 0.6) is 0 Å². The Morgan fingerprint density at radius 3 is 2.87 bits per heavy atom. The summed E-state index contributed by atoms with van der Waals surface area (Å²) in [7, 11) is 0. The third-order valence-electron chi connectivity index (χ3n) is 3.69. The van der Waals surface area contributed by atoms with Crippen molar-refractivity contribution in [3.05, 3.63) is 23.1 Å². The molecular weight excluding hydrogens is 200 g/mol. The second-order valence-corrected chi connectivity index (χ2v) is 6.13. The minimum atomic E-state index is 0.781. The zero-order valence-electron chi connectivity index (χ0n) is 10.1. The first kappa shape index (κ1) is 11.3. The van der Waals surface area contributed by atoms with E-state index in [4.69, 9.17) is 0 Å². The Hall–Kier alpha value is -0.170. The fourth-order valence-electron chi connectivity index (χ4n) is 2.96. The van der Waals surface area contributed by atoms with Gasteiger partial charge in [0.2, 0.25) is 0 Å². The molecule has 0 N–H and O–H groups in total. The molecule has 1 heteroatoms. The van der Waals surface area contributed by atoms with Crippen LogP contribution < -0.4 is 0 Å². The van der Waals surface area contributed by atoms with E-state index in [-0.39, 0.29) is 0 Å². The van der Waals surface area contributed by atoms with Gasteiger partial charge in [-0.15, -0.1) is 11.8 Å². The highest BCUT2D eigenvalue weighted by atomic mass is 32.2. The van der Waals surface area contributed by atoms with Crippen LogP contribution in [0, 0.1) is 17.8 Å². The van der Waals surface area contributed by atoms with Gasteiger partial charge in [0.1, 0.15) is 0 Å². The predicted octanol–water partition coefficient (Wildman–Crippen LogP) is 4.63. The smallest absolute Gasteiger partial charge is 0.0305 e. The Bertz CT molecular complexity index is 277. The maximum absolute atomic E-state index is 2.46. The number of rotatable bonds is 2. The maximum Gasteiger partial charge on any atom is 0.0305 e. The number of hydrogen-bond acceptors (Lipinski definition) is 1. The number of allylic oxidation sites excluding steroid dienone is 3. The van der Waals surface area contributed by atoms with Gasteiger partial charge in [0.15, 0.2) is 0 Å². The molecule has 4 atom stereocenters. The Labute approximate surface area is 98.2 Å². The Balaban J connectivity index is 2.19. The van der Waals surface area contributed by atoms with Gasteiger partial charge in [-0.25, -0.2) is 0 Å². The highest BCUT2D eigenvalue weighted by Gasteiger charge is 2.39. The number of hydrogen-bond donors (Lipinski definition) is 0. The Morgan fingerprint density at radius 1 is 1.40 bits per heavy atom. The van der Waals surface area contributed by atoms with E-state index in [9.17, 15) is 0 Å². The molecule has 0 aromatic rings. The van der Waals surface area contributed by atoms with Crippen LogP contribution in [0.25, 0.3) is 0 Å². The third-order valence-corrected chi connectivity index (χ3v) is 5.22. The van der Waals surface area contributed by atoms with E-state index in [1.54, 1.807) is 4.91 Å². The normalized spacial score (nSPS) is 42.2. The van der Waals surface area contributed by atoms with E-state index < -0.39 is 0 Å². The summed E-state index contributed by atoms with van der Waals surface area (Å²) in [4.78, 5) is 1.67. The van der Waals surface area contributed by atoms with Gasteiger partial charge in [-0.05, 0) is 41.9 Å². The van der Waals surface area contributed by atoms with E-state index in [1.165, 1.54) is 19.3 Å². The van der Waals surface area contributed by atoms with Crippen LogP contribution in [0.2, 0.25) is 0 Å². The fraction of sp³-hybridized carbons (Fsp3) is 0.714. The summed E-state index contributed by atoms with van der Waals surface area (Å²) in [5, 5.41) is 0.781. The van der Waals surface area contributed by atoms with Crippen molar-refractivity contribution >= 4 is 11.8 Å². The molecule has 0 nitrogen and oxygen atoms in total. The highest BCUT2D eigenvalue weighted by molar-refractivity contribution is 8.04. The lowest BCUT2D eigenvalue weighted by atomic mass is 9.78. The summed E-state index contributed by atoms with van der Waals surface area (Å²) in [6, 6.07) is 0. The zero-order chi connectivity index (χ0) is 10.8. The van der Waals surface area contributed by atoms with Crippen LogP contribution in [0.15, 0.2) is 23.1 Å². The highest BCUT2D eigenvalue weighted by Crippen LogP contribution is 2.52. The summed E-state index contributed by atoms with van der Waals surface area (Å²) in [6.45, 7) is 6.95. The molecule has 84 valence electrons. The van der Waals surface area contributed by atoms with Crippen molar-refractivity contribution in [3.63, 3.8) is 0 Å². The molecule has 15 heavy (non-hydrogen) atoms. The average molecular weight is 222 g/mol. The molecule has 0 radical (unpaired) electrons. The largest absolute Gasteiger partial charge is 0.123 e. The van der Waals surface area contributed by atoms with Crippen LogP contribution in [0.3, 0.4) is 0 Å². The van der Waals surface area contributed by atoms with Crippen LogP contribution >= 0.6 is 11.8 Å². The van der Waals surface area contributed by atoms with E-state index in [0.717, 1.165) is 23.0 Å². The molecule has 2 aliphatic rings. The lowest BCUT2D eigenvalue weighted by Gasteiger charge is -2.27. The van der Waals surface area contributed by atoms with E-state index in [0.29, 0.717) is 0 Å². The molecule has 0 saturated carbocycles. The van der Waals surface area contributed by atoms with Gasteiger partial charge < -0.3 is 0 Å². The summed E-state index contributed by atoms with van der Waals surface area (Å²) in [5.74, 6) is 2.56. The summed E-state index contributed by atoms with van der Waals surface area (Å²) >= 11 is 2.13. The zero-order valence-corrected chi connectivity index (χ0v) is 10.9. The van der Waals surface area contributed by atoms with Gasteiger partial charge in [0.25, 0.3) is 0 Å². The van der Waals surface area contributed by atoms with Crippen molar-refractivity contribution in [1.29, 1.82) is 0 Å². The molecular formula is C14H22S. The molecule has 2 rings (SSSR count). The van der Waals surface area contributed by atoms with Crippen LogP contribution in [0.4, 0.5) is 0 Å². The van der Waals surface area contributed by atoms with Crippen molar-refractivity contribution in [2.24, 2.45) is 17.8 Å². The monoisotopic (exact) mass is 222 g/mol. The lowest BCUT2D eigenvalue weighted by Crippen LogP contribution is -2.22. The Morgan fingerprint density at radius 2 is 2.20 bits per heavy atom. The first-order valence-electron chi connectivity index (χ1n) is 6.31. The molecule has 0 spiro atoms. The number of thioether (sulfide) groups is 1. The molecule has 0 amide bonds. The van der Waals surface area contributed by atoms with Gasteiger partial charge in [-0.1, -0.05) is 39.0 Å². The van der Waals surface area contributed by atoms with Gasteiger partial charge in [0.05, 0.1) is 0 Å². The second-order valence-electron chi connectivity index (χ2n) is 4.87. The molecule has 4 unspecified atom stereocenters. The lowest BCUT2D eigenvalue weighted by molar-refractivity contribution is 0.337. The van der Waals surface area contributed by atoms with Crippen LogP contribution in [0.1, 0.15) is 40.0 Å². The summed E-state index contributed by atoms with van der Waals surface area (Å²) in [5.41, 5.74) is 0. The molecule has 0 bridgehead atoms. The summed E-state index contributed by atoms with van der Waals surface area (Å²) < 4.78 is 0. The average Bonchev–Trinajstić information content (AvgIpc) is 2.55. The van der Waals surface area contributed by atoms with Crippen molar-refractivity contribution in [2.45, 2.75) is 45.3 Å². The minimum absolute atomic E-state index is 0.781. The predicted molar refractivity (Wildman–Crippen MR) is 69.9 cm³/mol. The minimum Gasteiger partial charge on any atom is -0.123 e. The Kier molecular flexibility index (Phi) is 3.60. The quantitative estimate of drug-likeness (QED) is 0.614. The first-order chi connectivity index (χ1) is 7.26. The SMILES string of the molecule is CC/C=C1/SC2C=CC(C)CC2C1CC. The topological polar surface area (TPSA) is 0 Å². The van der Waals surface area contributed by atoms with Gasteiger partial charge in [0, 0.05) is 5.25 Å². The standard InChI is InChI=1S/C14H22S/c1-4-6-13-11(5-2)12-9-10(3)7-8-14(12)15-13/h6-8,10-12,14H,4-5,9H2,1-3H3/b13-6+. The van der Waals surface area contributed by atoms with Gasteiger partial charge in [-0.2, -0.15) is 0 Å². The van der Waals surface area contributed by atoms with Crippen molar-refractivity contribution in [3.8, 4) is 0 Å². The molecule has 0 aromatic carbocycles. The number of fused-ring (bicyclic) bond motifs is 1. The first-order valence-corrected chi connectivity index (χ1v) is 7.19. The second kappa shape index (κ2) is 4.78. The van der Waals surface area contributed by atoms with Crippen LogP contribution in [-0.4, -0.2) is 5.25 Å². The van der Waals surface area contributed by atoms with E-state index in [1.807, 2.05) is 0 Å². The molecule has 0 aromatic heterocycles.